The number of anilines is 2. The van der Waals surface area contributed by atoms with Gasteiger partial charge in [0.15, 0.2) is 0 Å². The monoisotopic (exact) mass is 340 g/mol. The number of aromatic amines is 1. The van der Waals surface area contributed by atoms with Crippen LogP contribution in [0.5, 0.6) is 0 Å². The number of nitrogens with one attached hydrogen (secondary N) is 2. The second-order valence-corrected chi connectivity index (χ2v) is 6.09. The molecule has 130 valence electrons. The van der Waals surface area contributed by atoms with Gasteiger partial charge in [0.05, 0.1) is 11.7 Å². The van der Waals surface area contributed by atoms with E-state index in [-0.39, 0.29) is 12.4 Å². The number of nitrogens with zero attached hydrogens (tertiary/aromatic N) is 6. The zero-order valence-electron chi connectivity index (χ0n) is 14.1. The SMILES string of the molecule is COC1CN(C)CC(Nc2ccc3cn[nH]c3c2)N1c1ncncn1. The quantitative estimate of drug-likeness (QED) is 0.724. The average Bonchev–Trinajstić information content (AvgIpc) is 3.09. The highest BCUT2D eigenvalue weighted by Crippen LogP contribution is 2.24. The van der Waals surface area contributed by atoms with Crippen LogP contribution in [-0.4, -0.2) is 69.7 Å². The van der Waals surface area contributed by atoms with E-state index in [1.54, 1.807) is 7.11 Å². The van der Waals surface area contributed by atoms with Crippen molar-refractivity contribution < 1.29 is 4.74 Å². The molecule has 3 heterocycles. The highest BCUT2D eigenvalue weighted by molar-refractivity contribution is 5.81. The van der Waals surface area contributed by atoms with Crippen LogP contribution in [0.1, 0.15) is 0 Å². The van der Waals surface area contributed by atoms with Gasteiger partial charge < -0.3 is 10.1 Å². The van der Waals surface area contributed by atoms with Gasteiger partial charge >= 0.3 is 0 Å². The van der Waals surface area contributed by atoms with Crippen LogP contribution in [0.2, 0.25) is 0 Å². The molecule has 1 aliphatic rings. The van der Waals surface area contributed by atoms with Crippen molar-refractivity contribution in [3.63, 3.8) is 0 Å². The van der Waals surface area contributed by atoms with Crippen molar-refractivity contribution in [1.29, 1.82) is 0 Å². The van der Waals surface area contributed by atoms with Crippen molar-refractivity contribution in [2.24, 2.45) is 0 Å². The minimum Gasteiger partial charge on any atom is -0.364 e. The first-order valence-electron chi connectivity index (χ1n) is 8.06. The lowest BCUT2D eigenvalue weighted by Gasteiger charge is -2.45. The fraction of sp³-hybridized carbons (Fsp3) is 0.375. The number of ether oxygens (including phenoxy) is 1. The van der Waals surface area contributed by atoms with Crippen molar-refractivity contribution >= 4 is 22.5 Å². The largest absolute Gasteiger partial charge is 0.364 e. The molecule has 9 heteroatoms. The van der Waals surface area contributed by atoms with Crippen molar-refractivity contribution in [1.82, 2.24) is 30.0 Å². The maximum absolute atomic E-state index is 5.68. The first-order valence-corrected chi connectivity index (χ1v) is 8.06. The van der Waals surface area contributed by atoms with E-state index in [1.165, 1.54) is 12.7 Å². The second kappa shape index (κ2) is 6.61. The summed E-state index contributed by atoms with van der Waals surface area (Å²) in [5.41, 5.74) is 1.98. The molecular formula is C16H20N8O. The number of methoxy groups -OCH3 is 1. The number of piperazine rings is 1. The molecule has 0 aliphatic carbocycles. The Morgan fingerprint density at radius 2 is 2.08 bits per heavy atom. The van der Waals surface area contributed by atoms with Gasteiger partial charge in [-0.1, -0.05) is 0 Å². The molecule has 1 fully saturated rings. The number of aromatic nitrogens is 5. The molecular weight excluding hydrogens is 320 g/mol. The first kappa shape index (κ1) is 15.7. The maximum atomic E-state index is 5.68. The molecule has 1 aromatic carbocycles. The molecule has 2 aromatic heterocycles. The maximum Gasteiger partial charge on any atom is 0.232 e. The van der Waals surface area contributed by atoms with E-state index in [2.05, 4.69) is 47.3 Å². The number of hydrogen-bond acceptors (Lipinski definition) is 8. The van der Waals surface area contributed by atoms with Crippen LogP contribution < -0.4 is 10.2 Å². The number of likely N-dealkylation sites (N-methyl/N-ethyl adjacent to an activating group) is 1. The van der Waals surface area contributed by atoms with Crippen molar-refractivity contribution in [3.8, 4) is 0 Å². The smallest absolute Gasteiger partial charge is 0.232 e. The van der Waals surface area contributed by atoms with Gasteiger partial charge in [-0.05, 0) is 25.2 Å². The van der Waals surface area contributed by atoms with Crippen LogP contribution in [-0.2, 0) is 4.74 Å². The molecule has 25 heavy (non-hydrogen) atoms. The van der Waals surface area contributed by atoms with Gasteiger partial charge in [-0.3, -0.25) is 14.9 Å². The topological polar surface area (TPSA) is 95.1 Å². The van der Waals surface area contributed by atoms with E-state index in [4.69, 9.17) is 4.74 Å². The third-order valence-corrected chi connectivity index (χ3v) is 4.36. The number of benzene rings is 1. The Morgan fingerprint density at radius 3 is 2.88 bits per heavy atom. The molecule has 2 unspecified atom stereocenters. The molecule has 2 atom stereocenters. The summed E-state index contributed by atoms with van der Waals surface area (Å²) >= 11 is 0. The summed E-state index contributed by atoms with van der Waals surface area (Å²) in [5, 5.41) is 11.7. The third kappa shape index (κ3) is 3.11. The average molecular weight is 340 g/mol. The predicted molar refractivity (Wildman–Crippen MR) is 94.1 cm³/mol. The van der Waals surface area contributed by atoms with Crippen molar-refractivity contribution in [3.05, 3.63) is 37.1 Å². The van der Waals surface area contributed by atoms with Gasteiger partial charge in [-0.15, -0.1) is 0 Å². The van der Waals surface area contributed by atoms with Crippen LogP contribution in [0.15, 0.2) is 37.1 Å². The van der Waals surface area contributed by atoms with Crippen LogP contribution in [0.25, 0.3) is 10.9 Å². The number of fused-ring (bicyclic) bond motifs is 1. The van der Waals surface area contributed by atoms with Gasteiger partial charge in [-0.2, -0.15) is 5.10 Å². The first-order chi connectivity index (χ1) is 12.2. The summed E-state index contributed by atoms with van der Waals surface area (Å²) in [5.74, 6) is 0.593. The van der Waals surface area contributed by atoms with Crippen LogP contribution in [0.4, 0.5) is 11.6 Å². The molecule has 2 N–H and O–H groups in total. The third-order valence-electron chi connectivity index (χ3n) is 4.36. The van der Waals surface area contributed by atoms with Gasteiger partial charge in [-0.25, -0.2) is 15.0 Å². The van der Waals surface area contributed by atoms with Crippen LogP contribution in [0, 0.1) is 0 Å². The second-order valence-electron chi connectivity index (χ2n) is 6.09. The lowest BCUT2D eigenvalue weighted by atomic mass is 10.2. The van der Waals surface area contributed by atoms with E-state index in [9.17, 15) is 0 Å². The zero-order valence-corrected chi connectivity index (χ0v) is 14.1. The molecule has 9 nitrogen and oxygen atoms in total. The minimum atomic E-state index is -0.158. The van der Waals surface area contributed by atoms with E-state index < -0.39 is 0 Å². The highest BCUT2D eigenvalue weighted by Gasteiger charge is 2.35. The Hall–Kier alpha value is -2.78. The Morgan fingerprint density at radius 1 is 1.24 bits per heavy atom. The van der Waals surface area contributed by atoms with E-state index in [0.717, 1.165) is 29.7 Å². The molecule has 0 saturated carbocycles. The lowest BCUT2D eigenvalue weighted by molar-refractivity contribution is 0.0370. The summed E-state index contributed by atoms with van der Waals surface area (Å²) in [7, 11) is 3.77. The molecule has 1 aliphatic heterocycles. The minimum absolute atomic E-state index is 0.0496. The molecule has 3 aromatic rings. The number of H-pyrrole nitrogens is 1. The highest BCUT2D eigenvalue weighted by atomic mass is 16.5. The Kier molecular flexibility index (Phi) is 4.16. The van der Waals surface area contributed by atoms with Gasteiger partial charge in [0.2, 0.25) is 5.95 Å². The predicted octanol–water partition coefficient (Wildman–Crippen LogP) is 0.910. The van der Waals surface area contributed by atoms with E-state index >= 15 is 0 Å². The summed E-state index contributed by atoms with van der Waals surface area (Å²) in [6.45, 7) is 1.56. The summed E-state index contributed by atoms with van der Waals surface area (Å²) in [6, 6.07) is 6.12. The van der Waals surface area contributed by atoms with Crippen LogP contribution in [0.3, 0.4) is 0 Å². The Bertz CT molecular complexity index is 838. The summed E-state index contributed by atoms with van der Waals surface area (Å²) in [4.78, 5) is 16.8. The van der Waals surface area contributed by atoms with Crippen molar-refractivity contribution in [2.45, 2.75) is 12.4 Å². The van der Waals surface area contributed by atoms with Crippen LogP contribution >= 0.6 is 0 Å². The molecule has 1 saturated heterocycles. The van der Waals surface area contributed by atoms with Gasteiger partial charge in [0, 0.05) is 31.3 Å². The standard InChI is InChI=1S/C16H20N8O/c1-23-7-14(21-12-4-3-11-6-20-22-13(11)5-12)24(15(8-23)25-2)16-18-9-17-10-19-16/h3-6,9-10,14-15,21H,7-8H2,1-2H3,(H,20,22). The molecule has 0 spiro atoms. The van der Waals surface area contributed by atoms with Gasteiger partial charge in [0.25, 0.3) is 0 Å². The lowest BCUT2D eigenvalue weighted by Crippen LogP contribution is -2.61. The zero-order chi connectivity index (χ0) is 17.2. The summed E-state index contributed by atoms with van der Waals surface area (Å²) in [6.07, 6.45) is 4.61. The fourth-order valence-electron chi connectivity index (χ4n) is 3.17. The van der Waals surface area contributed by atoms with Crippen molar-refractivity contribution in [2.75, 3.05) is 37.5 Å². The van der Waals surface area contributed by atoms with Gasteiger partial charge in [0.1, 0.15) is 25.0 Å². The van der Waals surface area contributed by atoms with E-state index in [1.807, 2.05) is 24.4 Å². The normalized spacial score (nSPS) is 21.6. The molecule has 0 bridgehead atoms. The fourth-order valence-corrected chi connectivity index (χ4v) is 3.17. The summed E-state index contributed by atoms with van der Waals surface area (Å²) < 4.78 is 5.68. The molecule has 0 radical (unpaired) electrons. The Labute approximate surface area is 145 Å². The molecule has 0 amide bonds. The van der Waals surface area contributed by atoms with E-state index in [0.29, 0.717) is 5.95 Å². The number of rotatable bonds is 4. The Balaban J connectivity index is 1.65. The molecule has 4 rings (SSSR count). The number of hydrogen-bond donors (Lipinski definition) is 2.